The molecule has 0 aromatic heterocycles. The van der Waals surface area contributed by atoms with E-state index in [9.17, 15) is 4.79 Å². The molecule has 19 heavy (non-hydrogen) atoms. The van der Waals surface area contributed by atoms with Crippen molar-refractivity contribution < 1.29 is 14.3 Å². The Morgan fingerprint density at radius 3 is 2.68 bits per heavy atom. The van der Waals surface area contributed by atoms with Crippen LogP contribution in [0.4, 0.5) is 0 Å². The molecule has 0 aliphatic carbocycles. The van der Waals surface area contributed by atoms with E-state index in [1.807, 2.05) is 26.8 Å². The summed E-state index contributed by atoms with van der Waals surface area (Å²) in [5, 5.41) is 2.86. The van der Waals surface area contributed by atoms with Crippen LogP contribution in [0.3, 0.4) is 0 Å². The van der Waals surface area contributed by atoms with Gasteiger partial charge in [0.05, 0.1) is 18.3 Å². The minimum absolute atomic E-state index is 0.169. The molecule has 0 aliphatic rings. The number of rotatable bonds is 6. The van der Waals surface area contributed by atoms with Crippen molar-refractivity contribution in [1.82, 2.24) is 5.32 Å². The highest BCUT2D eigenvalue weighted by atomic mass is 79.9. The average Bonchev–Trinajstić information content (AvgIpc) is 2.35. The summed E-state index contributed by atoms with van der Waals surface area (Å²) < 4.78 is 11.6. The Balaban J connectivity index is 2.74. The molecule has 0 saturated carbocycles. The van der Waals surface area contributed by atoms with Crippen LogP contribution >= 0.6 is 15.9 Å². The van der Waals surface area contributed by atoms with E-state index < -0.39 is 0 Å². The lowest BCUT2D eigenvalue weighted by atomic mass is 10.1. The topological polar surface area (TPSA) is 47.6 Å². The predicted molar refractivity (Wildman–Crippen MR) is 78.7 cm³/mol. The fraction of sp³-hybridized carbons (Fsp3) is 0.500. The van der Waals surface area contributed by atoms with Gasteiger partial charge in [-0.05, 0) is 39.0 Å². The molecule has 1 amide bonds. The number of hydrogen-bond acceptors (Lipinski definition) is 3. The quantitative estimate of drug-likeness (QED) is 0.872. The summed E-state index contributed by atoms with van der Waals surface area (Å²) in [4.78, 5) is 12.1. The Morgan fingerprint density at radius 1 is 1.42 bits per heavy atom. The highest BCUT2D eigenvalue weighted by Crippen LogP contribution is 2.23. The summed E-state index contributed by atoms with van der Waals surface area (Å²) in [6.45, 7) is 6.87. The number of hydrogen-bond donors (Lipinski definition) is 1. The SMILES string of the molecule is CCOC(C)(C)CNC(=O)c1ccc(Br)cc1OC. The van der Waals surface area contributed by atoms with Gasteiger partial charge in [-0.3, -0.25) is 4.79 Å². The third kappa shape index (κ3) is 4.84. The van der Waals surface area contributed by atoms with E-state index in [1.54, 1.807) is 19.2 Å². The lowest BCUT2D eigenvalue weighted by Crippen LogP contribution is -2.40. The largest absolute Gasteiger partial charge is 0.496 e. The number of halogens is 1. The number of benzene rings is 1. The van der Waals surface area contributed by atoms with Gasteiger partial charge in [0.2, 0.25) is 0 Å². The lowest BCUT2D eigenvalue weighted by molar-refractivity contribution is -0.00817. The van der Waals surface area contributed by atoms with Crippen molar-refractivity contribution >= 4 is 21.8 Å². The second-order valence-electron chi connectivity index (χ2n) is 4.72. The first-order valence-corrected chi connectivity index (χ1v) is 6.94. The maximum absolute atomic E-state index is 12.1. The monoisotopic (exact) mass is 329 g/mol. The van der Waals surface area contributed by atoms with Crippen molar-refractivity contribution in [1.29, 1.82) is 0 Å². The predicted octanol–water partition coefficient (Wildman–Crippen LogP) is 3.00. The van der Waals surface area contributed by atoms with Crippen LogP contribution in [0.2, 0.25) is 0 Å². The highest BCUT2D eigenvalue weighted by molar-refractivity contribution is 9.10. The van der Waals surface area contributed by atoms with E-state index in [1.165, 1.54) is 0 Å². The Morgan fingerprint density at radius 2 is 2.11 bits per heavy atom. The fourth-order valence-electron chi connectivity index (χ4n) is 1.68. The van der Waals surface area contributed by atoms with Crippen molar-refractivity contribution in [2.24, 2.45) is 0 Å². The number of methoxy groups -OCH3 is 1. The second kappa shape index (κ2) is 6.91. The molecular weight excluding hydrogens is 310 g/mol. The molecule has 0 spiro atoms. The maximum Gasteiger partial charge on any atom is 0.255 e. The molecule has 0 aliphatic heterocycles. The first-order valence-electron chi connectivity index (χ1n) is 6.15. The zero-order valence-corrected chi connectivity index (χ0v) is 13.3. The van der Waals surface area contributed by atoms with Gasteiger partial charge in [0, 0.05) is 17.6 Å². The molecule has 0 atom stereocenters. The zero-order chi connectivity index (χ0) is 14.5. The van der Waals surface area contributed by atoms with E-state index in [4.69, 9.17) is 9.47 Å². The zero-order valence-electron chi connectivity index (χ0n) is 11.7. The van der Waals surface area contributed by atoms with Crippen molar-refractivity contribution in [3.05, 3.63) is 28.2 Å². The second-order valence-corrected chi connectivity index (χ2v) is 5.64. The number of amides is 1. The summed E-state index contributed by atoms with van der Waals surface area (Å²) >= 11 is 3.35. The molecule has 1 rings (SSSR count). The van der Waals surface area contributed by atoms with Gasteiger partial charge in [-0.1, -0.05) is 15.9 Å². The number of carbonyl (C=O) groups excluding carboxylic acids is 1. The van der Waals surface area contributed by atoms with E-state index in [0.717, 1.165) is 4.47 Å². The van der Waals surface area contributed by atoms with Gasteiger partial charge >= 0.3 is 0 Å². The lowest BCUT2D eigenvalue weighted by Gasteiger charge is -2.25. The molecule has 106 valence electrons. The first kappa shape index (κ1) is 16.0. The molecule has 0 heterocycles. The van der Waals surface area contributed by atoms with Crippen LogP contribution in [0.25, 0.3) is 0 Å². The Kier molecular flexibility index (Phi) is 5.82. The summed E-state index contributed by atoms with van der Waals surface area (Å²) in [5.74, 6) is 0.373. The van der Waals surface area contributed by atoms with Crippen molar-refractivity contribution in [3.63, 3.8) is 0 Å². The maximum atomic E-state index is 12.1. The smallest absolute Gasteiger partial charge is 0.255 e. The molecular formula is C14H20BrNO3. The first-order chi connectivity index (χ1) is 8.89. The average molecular weight is 330 g/mol. The summed E-state index contributed by atoms with van der Waals surface area (Å²) in [6.07, 6.45) is 0. The van der Waals surface area contributed by atoms with E-state index in [0.29, 0.717) is 24.5 Å². The Hall–Kier alpha value is -1.07. The molecule has 1 aromatic rings. The van der Waals surface area contributed by atoms with Gasteiger partial charge in [0.1, 0.15) is 5.75 Å². The molecule has 0 radical (unpaired) electrons. The van der Waals surface area contributed by atoms with Crippen LogP contribution in [0.5, 0.6) is 5.75 Å². The fourth-order valence-corrected chi connectivity index (χ4v) is 2.02. The van der Waals surface area contributed by atoms with Crippen molar-refractivity contribution in [3.8, 4) is 5.75 Å². The van der Waals surface area contributed by atoms with Crippen LogP contribution in [0.1, 0.15) is 31.1 Å². The number of carbonyl (C=O) groups is 1. The van der Waals surface area contributed by atoms with Gasteiger partial charge < -0.3 is 14.8 Å². The van der Waals surface area contributed by atoms with E-state index in [2.05, 4.69) is 21.2 Å². The third-order valence-electron chi connectivity index (χ3n) is 2.62. The molecule has 4 nitrogen and oxygen atoms in total. The Labute approximate surface area is 122 Å². The van der Waals surface area contributed by atoms with Crippen LogP contribution in [-0.2, 0) is 4.74 Å². The number of ether oxygens (including phenoxy) is 2. The standard InChI is InChI=1S/C14H20BrNO3/c1-5-19-14(2,3)9-16-13(17)11-7-6-10(15)8-12(11)18-4/h6-8H,5,9H2,1-4H3,(H,16,17). The van der Waals surface area contributed by atoms with Crippen LogP contribution in [0.15, 0.2) is 22.7 Å². The molecule has 1 aromatic carbocycles. The van der Waals surface area contributed by atoms with Gasteiger partial charge in [-0.15, -0.1) is 0 Å². The minimum Gasteiger partial charge on any atom is -0.496 e. The summed E-state index contributed by atoms with van der Waals surface area (Å²) in [6, 6.07) is 5.31. The Bertz CT molecular complexity index is 446. The molecule has 0 bridgehead atoms. The van der Waals surface area contributed by atoms with Gasteiger partial charge in [-0.25, -0.2) is 0 Å². The molecule has 1 N–H and O–H groups in total. The molecule has 0 fully saturated rings. The molecule has 5 heteroatoms. The number of nitrogens with one attached hydrogen (secondary N) is 1. The van der Waals surface area contributed by atoms with Crippen LogP contribution < -0.4 is 10.1 Å². The third-order valence-corrected chi connectivity index (χ3v) is 3.11. The van der Waals surface area contributed by atoms with Crippen LogP contribution in [0, 0.1) is 0 Å². The molecule has 0 saturated heterocycles. The van der Waals surface area contributed by atoms with Gasteiger partial charge in [0.15, 0.2) is 0 Å². The van der Waals surface area contributed by atoms with Crippen LogP contribution in [-0.4, -0.2) is 31.8 Å². The molecule has 0 unspecified atom stereocenters. The van der Waals surface area contributed by atoms with Gasteiger partial charge in [-0.2, -0.15) is 0 Å². The van der Waals surface area contributed by atoms with Crippen molar-refractivity contribution in [2.45, 2.75) is 26.4 Å². The van der Waals surface area contributed by atoms with Gasteiger partial charge in [0.25, 0.3) is 5.91 Å². The minimum atomic E-state index is -0.382. The summed E-state index contributed by atoms with van der Waals surface area (Å²) in [7, 11) is 1.54. The summed E-state index contributed by atoms with van der Waals surface area (Å²) in [5.41, 5.74) is 0.130. The highest BCUT2D eigenvalue weighted by Gasteiger charge is 2.20. The van der Waals surface area contributed by atoms with E-state index >= 15 is 0 Å². The van der Waals surface area contributed by atoms with Crippen molar-refractivity contribution in [2.75, 3.05) is 20.3 Å². The van der Waals surface area contributed by atoms with E-state index in [-0.39, 0.29) is 11.5 Å². The normalized spacial score (nSPS) is 11.2.